The van der Waals surface area contributed by atoms with Gasteiger partial charge in [0.15, 0.2) is 17.7 Å². The first-order valence-corrected chi connectivity index (χ1v) is 12.8. The number of aromatic nitrogens is 4. The Bertz CT molecular complexity index is 1140. The number of amides is 1. The van der Waals surface area contributed by atoms with Gasteiger partial charge in [-0.3, -0.25) is 9.36 Å². The lowest BCUT2D eigenvalue weighted by Crippen LogP contribution is -2.45. The molecule has 0 saturated carbocycles. The molecule has 2 aromatic heterocycles. The average molecular weight is 557 g/mol. The molecule has 5 atom stereocenters. The first-order chi connectivity index (χ1) is 17.9. The third-order valence-corrected chi connectivity index (χ3v) is 6.36. The molecule has 0 bridgehead atoms. The topological polar surface area (TPSA) is 210 Å². The molecule has 3 rings (SSSR count). The number of nitrogens with one attached hydrogen (secondary N) is 1. The van der Waals surface area contributed by atoms with Crippen molar-refractivity contribution < 1.29 is 43.5 Å². The minimum Gasteiger partial charge on any atom is -0.480 e. The zero-order valence-electron chi connectivity index (χ0n) is 21.4. The predicted molar refractivity (Wildman–Crippen MR) is 134 cm³/mol. The Morgan fingerprint density at radius 2 is 2.00 bits per heavy atom. The van der Waals surface area contributed by atoms with Crippen LogP contribution in [0.1, 0.15) is 33.9 Å². The maximum atomic E-state index is 12.0. The van der Waals surface area contributed by atoms with Crippen LogP contribution < -0.4 is 11.1 Å². The molecule has 0 spiro atoms. The Balaban J connectivity index is 1.69. The van der Waals surface area contributed by atoms with Crippen molar-refractivity contribution in [2.24, 2.45) is 0 Å². The number of aliphatic carboxylic acids is 1. The lowest BCUT2D eigenvalue weighted by Gasteiger charge is -2.23. The van der Waals surface area contributed by atoms with Crippen molar-refractivity contribution >= 4 is 46.8 Å². The van der Waals surface area contributed by atoms with E-state index in [1.807, 2.05) is 0 Å². The molecule has 1 aliphatic heterocycles. The maximum absolute atomic E-state index is 12.0. The van der Waals surface area contributed by atoms with Crippen LogP contribution in [0.15, 0.2) is 12.7 Å². The minimum absolute atomic E-state index is 0.00367. The van der Waals surface area contributed by atoms with Gasteiger partial charge in [0, 0.05) is 18.4 Å². The van der Waals surface area contributed by atoms with Crippen LogP contribution in [0.25, 0.3) is 11.2 Å². The molecule has 38 heavy (non-hydrogen) atoms. The van der Waals surface area contributed by atoms with E-state index < -0.39 is 54.2 Å². The summed E-state index contributed by atoms with van der Waals surface area (Å²) in [5.74, 6) is -1.34. The number of imidazole rings is 1. The number of aliphatic hydroxyl groups is 1. The molecular weight excluding hydrogens is 524 g/mol. The van der Waals surface area contributed by atoms with Gasteiger partial charge in [0.25, 0.3) is 0 Å². The van der Waals surface area contributed by atoms with E-state index >= 15 is 0 Å². The van der Waals surface area contributed by atoms with E-state index in [9.17, 15) is 24.6 Å². The van der Waals surface area contributed by atoms with Crippen LogP contribution in [0.4, 0.5) is 10.6 Å². The Morgan fingerprint density at radius 3 is 2.66 bits per heavy atom. The van der Waals surface area contributed by atoms with Gasteiger partial charge in [0.2, 0.25) is 0 Å². The first kappa shape index (κ1) is 29.3. The number of alkyl carbamates (subject to hydrolysis) is 1. The molecule has 2 aromatic rings. The highest BCUT2D eigenvalue weighted by atomic mass is 32.2. The van der Waals surface area contributed by atoms with Gasteiger partial charge in [0.05, 0.1) is 19.0 Å². The number of nitrogen functional groups attached to an aromatic ring is 1. The third-order valence-electron chi connectivity index (χ3n) is 5.23. The van der Waals surface area contributed by atoms with E-state index in [2.05, 4.69) is 20.3 Å². The van der Waals surface area contributed by atoms with E-state index in [4.69, 9.17) is 24.7 Å². The van der Waals surface area contributed by atoms with Crippen LogP contribution in [0.5, 0.6) is 0 Å². The summed E-state index contributed by atoms with van der Waals surface area (Å²) < 4.78 is 23.5. The second kappa shape index (κ2) is 12.6. The molecule has 1 saturated heterocycles. The molecule has 0 radical (unpaired) electrons. The average Bonchev–Trinajstić information content (AvgIpc) is 3.36. The number of ether oxygens (including phenoxy) is 4. The molecule has 0 aliphatic carbocycles. The highest BCUT2D eigenvalue weighted by Crippen LogP contribution is 2.35. The standard InChI is InChI=1S/C22H32N6O9S/c1-11(29)34-5-6-35-16-13(8-38-7-12(20(31)32)27-21(33)37-22(2,3)4)36-19(15(16)30)28-10-26-14-17(23)24-9-25-18(14)28/h9-10,12-13,15-16,19,30H,5-8H2,1-4H3,(H,27,33)(H,31,32)(H2,23,24,25)/t12-,13+,15-,16-,19+/m0/s1. The van der Waals surface area contributed by atoms with Crippen molar-refractivity contribution in [3.63, 3.8) is 0 Å². The lowest BCUT2D eigenvalue weighted by atomic mass is 10.1. The number of carboxylic acid groups (broad SMARTS) is 1. The zero-order chi connectivity index (χ0) is 28.0. The van der Waals surface area contributed by atoms with Crippen molar-refractivity contribution in [2.75, 3.05) is 30.5 Å². The van der Waals surface area contributed by atoms with Gasteiger partial charge in [-0.25, -0.2) is 24.5 Å². The van der Waals surface area contributed by atoms with Gasteiger partial charge >= 0.3 is 18.0 Å². The van der Waals surface area contributed by atoms with Crippen LogP contribution in [-0.4, -0.2) is 102 Å². The number of carboxylic acids is 1. The Kier molecular flexibility index (Phi) is 9.70. The molecule has 5 N–H and O–H groups in total. The van der Waals surface area contributed by atoms with Crippen LogP contribution in [0.2, 0.25) is 0 Å². The first-order valence-electron chi connectivity index (χ1n) is 11.7. The van der Waals surface area contributed by atoms with Gasteiger partial charge < -0.3 is 40.2 Å². The molecule has 15 nitrogen and oxygen atoms in total. The molecule has 16 heteroatoms. The third kappa shape index (κ3) is 7.66. The molecule has 210 valence electrons. The number of aliphatic hydroxyl groups excluding tert-OH is 1. The molecule has 1 aliphatic rings. The molecular formula is C22H32N6O9S. The van der Waals surface area contributed by atoms with Crippen molar-refractivity contribution in [1.82, 2.24) is 24.8 Å². The predicted octanol–water partition coefficient (Wildman–Crippen LogP) is 0.326. The summed E-state index contributed by atoms with van der Waals surface area (Å²) in [6.07, 6.45) is -1.86. The summed E-state index contributed by atoms with van der Waals surface area (Å²) in [5, 5.41) is 23.0. The smallest absolute Gasteiger partial charge is 0.408 e. The summed E-state index contributed by atoms with van der Waals surface area (Å²) >= 11 is 1.18. The van der Waals surface area contributed by atoms with Gasteiger partial charge in [-0.1, -0.05) is 0 Å². The van der Waals surface area contributed by atoms with Crippen molar-refractivity contribution in [3.05, 3.63) is 12.7 Å². The zero-order valence-corrected chi connectivity index (χ0v) is 22.2. The van der Waals surface area contributed by atoms with Crippen molar-refractivity contribution in [1.29, 1.82) is 0 Å². The highest BCUT2D eigenvalue weighted by molar-refractivity contribution is 7.99. The molecule has 0 unspecified atom stereocenters. The number of rotatable bonds is 11. The summed E-state index contributed by atoms with van der Waals surface area (Å²) in [6, 6.07) is -1.22. The molecule has 3 heterocycles. The fourth-order valence-electron chi connectivity index (χ4n) is 3.64. The SMILES string of the molecule is CC(=O)OCCO[C@@H]1[C@H](O)[C@H](n2cnc3c(N)ncnc32)O[C@@H]1CSC[C@H](NC(=O)OC(C)(C)C)C(=O)O. The molecule has 1 fully saturated rings. The Labute approximate surface area is 222 Å². The van der Waals surface area contributed by atoms with E-state index in [0.29, 0.717) is 11.2 Å². The van der Waals surface area contributed by atoms with E-state index in [0.717, 1.165) is 0 Å². The van der Waals surface area contributed by atoms with Crippen LogP contribution in [-0.2, 0) is 28.5 Å². The minimum atomic E-state index is -1.23. The normalized spacial score (nSPS) is 22.2. The number of thioether (sulfide) groups is 1. The summed E-state index contributed by atoms with van der Waals surface area (Å²) in [5.41, 5.74) is 5.77. The van der Waals surface area contributed by atoms with E-state index in [1.54, 1.807) is 20.8 Å². The van der Waals surface area contributed by atoms with Gasteiger partial charge in [-0.05, 0) is 20.8 Å². The number of fused-ring (bicyclic) bond motifs is 1. The lowest BCUT2D eigenvalue weighted by molar-refractivity contribution is -0.144. The second-order valence-electron chi connectivity index (χ2n) is 9.39. The number of nitrogens with two attached hydrogens (primary N) is 1. The van der Waals surface area contributed by atoms with E-state index in [1.165, 1.54) is 35.9 Å². The number of hydrogen-bond acceptors (Lipinski definition) is 13. The Hall–Kier alpha value is -3.21. The van der Waals surface area contributed by atoms with Crippen molar-refractivity contribution in [2.45, 2.75) is 63.9 Å². The van der Waals surface area contributed by atoms with Gasteiger partial charge in [-0.2, -0.15) is 11.8 Å². The number of hydrogen-bond donors (Lipinski definition) is 4. The number of nitrogens with zero attached hydrogens (tertiary/aromatic N) is 4. The maximum Gasteiger partial charge on any atom is 0.408 e. The van der Waals surface area contributed by atoms with Crippen LogP contribution >= 0.6 is 11.8 Å². The number of anilines is 1. The summed E-state index contributed by atoms with van der Waals surface area (Å²) in [4.78, 5) is 47.1. The number of esters is 1. The summed E-state index contributed by atoms with van der Waals surface area (Å²) in [7, 11) is 0. The Morgan fingerprint density at radius 1 is 1.26 bits per heavy atom. The molecule has 1 amide bonds. The number of carbonyl (C=O) groups is 3. The monoisotopic (exact) mass is 556 g/mol. The van der Waals surface area contributed by atoms with E-state index in [-0.39, 0.29) is 30.5 Å². The van der Waals surface area contributed by atoms with Crippen LogP contribution in [0.3, 0.4) is 0 Å². The van der Waals surface area contributed by atoms with Gasteiger partial charge in [0.1, 0.15) is 42.3 Å². The van der Waals surface area contributed by atoms with Crippen LogP contribution in [0, 0.1) is 0 Å². The van der Waals surface area contributed by atoms with Crippen molar-refractivity contribution in [3.8, 4) is 0 Å². The fourth-order valence-corrected chi connectivity index (χ4v) is 4.74. The van der Waals surface area contributed by atoms with Gasteiger partial charge in [-0.15, -0.1) is 0 Å². The largest absolute Gasteiger partial charge is 0.480 e. The number of carbonyl (C=O) groups excluding carboxylic acids is 2. The molecule has 0 aromatic carbocycles. The quantitative estimate of drug-likeness (QED) is 0.217. The fraction of sp³-hybridized carbons (Fsp3) is 0.636. The summed E-state index contributed by atoms with van der Waals surface area (Å²) in [6.45, 7) is 6.24. The highest BCUT2D eigenvalue weighted by Gasteiger charge is 2.46. The second-order valence-corrected chi connectivity index (χ2v) is 10.5.